The van der Waals surface area contributed by atoms with Crippen molar-refractivity contribution < 1.29 is 42.8 Å². The van der Waals surface area contributed by atoms with Gasteiger partial charge in [-0.2, -0.15) is 0 Å². The Balaban J connectivity index is 1.31. The van der Waals surface area contributed by atoms with Crippen molar-refractivity contribution in [3.05, 3.63) is 34.9 Å². The van der Waals surface area contributed by atoms with E-state index in [-0.39, 0.29) is 48.6 Å². The molecule has 0 bridgehead atoms. The second kappa shape index (κ2) is 21.2. The molecule has 0 spiro atoms. The molecule has 2 aliphatic rings. The van der Waals surface area contributed by atoms with E-state index in [2.05, 4.69) is 25.2 Å². The van der Waals surface area contributed by atoms with Crippen LogP contribution in [0.5, 0.6) is 11.5 Å². The molecule has 258 valence electrons. The van der Waals surface area contributed by atoms with Crippen LogP contribution in [0.1, 0.15) is 96.1 Å². The molecule has 1 aliphatic carbocycles. The molecule has 1 heterocycles. The van der Waals surface area contributed by atoms with Gasteiger partial charge in [-0.15, -0.1) is 0 Å². The van der Waals surface area contributed by atoms with E-state index in [4.69, 9.17) is 28.4 Å². The van der Waals surface area contributed by atoms with Crippen LogP contribution in [0.15, 0.2) is 23.8 Å². The quantitative estimate of drug-likeness (QED) is 0.0693. The lowest BCUT2D eigenvalue weighted by Crippen LogP contribution is -2.33. The first-order valence-electron chi connectivity index (χ1n) is 17.2. The van der Waals surface area contributed by atoms with Gasteiger partial charge in [0.1, 0.15) is 11.5 Å². The van der Waals surface area contributed by atoms with Crippen LogP contribution in [0.2, 0.25) is 0 Å². The summed E-state index contributed by atoms with van der Waals surface area (Å²) in [5.74, 6) is 0.155. The van der Waals surface area contributed by atoms with Crippen molar-refractivity contribution in [2.24, 2.45) is 11.8 Å². The van der Waals surface area contributed by atoms with Crippen molar-refractivity contribution in [2.45, 2.75) is 91.4 Å². The number of esters is 2. The number of fused-ring (bicyclic) bond motifs is 3. The fourth-order valence-corrected chi connectivity index (χ4v) is 5.82. The van der Waals surface area contributed by atoms with Crippen LogP contribution in [0, 0.1) is 11.8 Å². The maximum Gasteiger partial charge on any atom is 0.315 e. The Bertz CT molecular complexity index is 1130. The molecule has 1 aromatic rings. The number of ether oxygens (including phenoxy) is 6. The van der Waals surface area contributed by atoms with Gasteiger partial charge in [0.15, 0.2) is 0 Å². The van der Waals surface area contributed by atoms with E-state index in [0.717, 1.165) is 62.5 Å². The zero-order valence-corrected chi connectivity index (χ0v) is 28.4. The van der Waals surface area contributed by atoms with Crippen molar-refractivity contribution in [2.75, 3.05) is 59.4 Å². The van der Waals surface area contributed by atoms with Crippen LogP contribution in [-0.4, -0.2) is 77.2 Å². The molecule has 0 radical (unpaired) electrons. The van der Waals surface area contributed by atoms with Crippen molar-refractivity contribution in [1.82, 2.24) is 5.32 Å². The third-order valence-electron chi connectivity index (χ3n) is 8.52. The minimum absolute atomic E-state index is 0.0708. The first-order valence-corrected chi connectivity index (χ1v) is 17.2. The van der Waals surface area contributed by atoms with Crippen LogP contribution >= 0.6 is 0 Å². The smallest absolute Gasteiger partial charge is 0.315 e. The summed E-state index contributed by atoms with van der Waals surface area (Å²) in [4.78, 5) is 37.6. The topological polar surface area (TPSA) is 119 Å². The van der Waals surface area contributed by atoms with Gasteiger partial charge in [0, 0.05) is 23.9 Å². The zero-order valence-electron chi connectivity index (χ0n) is 28.4. The Morgan fingerprint density at radius 3 is 2.22 bits per heavy atom. The molecule has 46 heavy (non-hydrogen) atoms. The van der Waals surface area contributed by atoms with Gasteiger partial charge >= 0.3 is 11.9 Å². The minimum Gasteiger partial charge on any atom is -0.426 e. The molecule has 10 heteroatoms. The molecule has 3 rings (SSSR count). The Morgan fingerprint density at radius 2 is 1.57 bits per heavy atom. The van der Waals surface area contributed by atoms with E-state index in [9.17, 15) is 14.4 Å². The van der Waals surface area contributed by atoms with E-state index in [1.807, 2.05) is 26.0 Å². The van der Waals surface area contributed by atoms with Crippen LogP contribution in [-0.2, 0) is 39.8 Å². The van der Waals surface area contributed by atoms with Gasteiger partial charge in [0.25, 0.3) is 0 Å². The standard InChI is InChI=1S/C36H55NO9/c1-5-8-9-10-27-24-31(34-30-23-26(4)11-12-29(30)36(40)46-32(34)25-27)45-33(38)13-15-41-17-19-43-21-22-44-20-18-42-16-14-37-35(39)28(6-2)7-3/h23-25,28-30H,5-22H2,1-4H3,(H,37,39)/t29-,30-/m1/s1. The maximum atomic E-state index is 12.9. The van der Waals surface area contributed by atoms with Gasteiger partial charge in [-0.25, -0.2) is 0 Å². The number of carbonyl (C=O) groups is 3. The first kappa shape index (κ1) is 37.7. The molecule has 1 aromatic carbocycles. The van der Waals surface area contributed by atoms with Gasteiger partial charge in [-0.1, -0.05) is 45.3 Å². The highest BCUT2D eigenvalue weighted by Crippen LogP contribution is 2.49. The Labute approximate surface area is 274 Å². The molecule has 2 atom stereocenters. The first-order chi connectivity index (χ1) is 22.4. The normalized spacial score (nSPS) is 17.2. The van der Waals surface area contributed by atoms with Gasteiger partial charge in [0.2, 0.25) is 5.91 Å². The van der Waals surface area contributed by atoms with Crippen LogP contribution in [0.25, 0.3) is 0 Å². The number of aryl methyl sites for hydroxylation is 1. The number of unbranched alkanes of at least 4 members (excludes halogenated alkanes) is 2. The van der Waals surface area contributed by atoms with E-state index in [1.54, 1.807) is 0 Å². The van der Waals surface area contributed by atoms with Crippen LogP contribution < -0.4 is 14.8 Å². The van der Waals surface area contributed by atoms with Crippen molar-refractivity contribution in [3.8, 4) is 11.5 Å². The number of hydrogen-bond donors (Lipinski definition) is 1. The maximum absolute atomic E-state index is 12.9. The second-order valence-electron chi connectivity index (χ2n) is 12.0. The van der Waals surface area contributed by atoms with Crippen molar-refractivity contribution >= 4 is 17.8 Å². The SMILES string of the molecule is CCCCCc1cc(OC(=O)CCOCCOCCOCCOCCNC(=O)C(CC)CC)c2c(c1)OC(=O)[C@@H]1CCC(C)=C[C@@H]21. The fraction of sp³-hybridized carbons (Fsp3) is 0.694. The molecule has 10 nitrogen and oxygen atoms in total. The average molecular weight is 646 g/mol. The molecule has 1 N–H and O–H groups in total. The largest absolute Gasteiger partial charge is 0.426 e. The van der Waals surface area contributed by atoms with Crippen LogP contribution in [0.3, 0.4) is 0 Å². The summed E-state index contributed by atoms with van der Waals surface area (Å²) in [6.07, 6.45) is 9.55. The zero-order chi connectivity index (χ0) is 33.1. The van der Waals surface area contributed by atoms with E-state index >= 15 is 0 Å². The van der Waals surface area contributed by atoms with Crippen molar-refractivity contribution in [3.63, 3.8) is 0 Å². The highest BCUT2D eigenvalue weighted by atomic mass is 16.6. The highest BCUT2D eigenvalue weighted by Gasteiger charge is 2.40. The average Bonchev–Trinajstić information content (AvgIpc) is 3.03. The van der Waals surface area contributed by atoms with Gasteiger partial charge < -0.3 is 33.7 Å². The number of benzene rings is 1. The molecular weight excluding hydrogens is 590 g/mol. The predicted molar refractivity (Wildman–Crippen MR) is 175 cm³/mol. The number of nitrogens with one attached hydrogen (secondary N) is 1. The molecule has 0 fully saturated rings. The summed E-state index contributed by atoms with van der Waals surface area (Å²) >= 11 is 0. The van der Waals surface area contributed by atoms with E-state index < -0.39 is 0 Å². The molecule has 0 saturated carbocycles. The highest BCUT2D eigenvalue weighted by molar-refractivity contribution is 5.82. The molecule has 1 aliphatic heterocycles. The van der Waals surface area contributed by atoms with E-state index in [1.165, 1.54) is 5.57 Å². The lowest BCUT2D eigenvalue weighted by atomic mass is 9.75. The third kappa shape index (κ3) is 12.4. The lowest BCUT2D eigenvalue weighted by Gasteiger charge is -2.34. The lowest BCUT2D eigenvalue weighted by molar-refractivity contribution is -0.141. The Hall–Kier alpha value is -2.79. The van der Waals surface area contributed by atoms with Crippen LogP contribution in [0.4, 0.5) is 0 Å². The monoisotopic (exact) mass is 645 g/mol. The molecule has 0 aromatic heterocycles. The van der Waals surface area contributed by atoms with Gasteiger partial charge in [0.05, 0.1) is 65.2 Å². The molecule has 0 unspecified atom stereocenters. The number of hydrogen-bond acceptors (Lipinski definition) is 9. The Morgan fingerprint density at radius 1 is 0.913 bits per heavy atom. The predicted octanol–water partition coefficient (Wildman–Crippen LogP) is 5.69. The third-order valence-corrected chi connectivity index (χ3v) is 8.52. The molecule has 0 saturated heterocycles. The Kier molecular flexibility index (Phi) is 17.3. The summed E-state index contributed by atoms with van der Waals surface area (Å²) in [6, 6.07) is 3.88. The summed E-state index contributed by atoms with van der Waals surface area (Å²) in [5, 5.41) is 2.89. The summed E-state index contributed by atoms with van der Waals surface area (Å²) in [7, 11) is 0. The van der Waals surface area contributed by atoms with Gasteiger partial charge in [-0.3, -0.25) is 14.4 Å². The number of allylic oxidation sites excluding steroid dienone is 2. The summed E-state index contributed by atoms with van der Waals surface area (Å²) < 4.78 is 33.8. The van der Waals surface area contributed by atoms with Gasteiger partial charge in [-0.05, 0) is 63.1 Å². The minimum atomic E-state index is -0.386. The second-order valence-corrected chi connectivity index (χ2v) is 12.0. The molecular formula is C36H55NO9. The van der Waals surface area contributed by atoms with E-state index in [0.29, 0.717) is 64.3 Å². The number of amides is 1. The summed E-state index contributed by atoms with van der Waals surface area (Å²) in [5.41, 5.74) is 3.02. The fourth-order valence-electron chi connectivity index (χ4n) is 5.82. The molecule has 1 amide bonds. The number of rotatable bonds is 23. The summed E-state index contributed by atoms with van der Waals surface area (Å²) in [6.45, 7) is 12.0. The van der Waals surface area contributed by atoms with Crippen molar-refractivity contribution in [1.29, 1.82) is 0 Å². The number of carbonyl (C=O) groups excluding carboxylic acids is 3.